The van der Waals surface area contributed by atoms with Gasteiger partial charge >= 0.3 is 0 Å². The molecule has 1 aromatic rings. The van der Waals surface area contributed by atoms with Gasteiger partial charge in [0.1, 0.15) is 0 Å². The standard InChI is InChI=1S/C22H32ClN3O3/c1-22(2,15-23)21(28)25-16-8-9-19(26-10-4-3-5-11-26)18(13-16)20(27)24-14-17-7-6-12-29-17/h8-9,13,17H,3-7,10-12,14-15H2,1-2H3,(H,24,27)(H,25,28)/t17-/m0/s1. The van der Waals surface area contributed by atoms with Gasteiger partial charge in [-0.15, -0.1) is 11.6 Å². The van der Waals surface area contributed by atoms with E-state index in [0.29, 0.717) is 17.8 Å². The summed E-state index contributed by atoms with van der Waals surface area (Å²) in [6, 6.07) is 5.58. The highest BCUT2D eigenvalue weighted by molar-refractivity contribution is 6.20. The molecule has 6 nitrogen and oxygen atoms in total. The normalized spacial score (nSPS) is 19.8. The third-order valence-electron chi connectivity index (χ3n) is 5.66. The molecule has 160 valence electrons. The molecule has 2 N–H and O–H groups in total. The first-order chi connectivity index (χ1) is 13.9. The van der Waals surface area contributed by atoms with E-state index >= 15 is 0 Å². The van der Waals surface area contributed by atoms with Crippen LogP contribution in [0, 0.1) is 5.41 Å². The van der Waals surface area contributed by atoms with Crippen molar-refractivity contribution in [2.24, 2.45) is 5.41 Å². The van der Waals surface area contributed by atoms with Crippen LogP contribution in [0.5, 0.6) is 0 Å². The Morgan fingerprint density at radius 1 is 1.21 bits per heavy atom. The number of alkyl halides is 1. The summed E-state index contributed by atoms with van der Waals surface area (Å²) in [5, 5.41) is 5.93. The van der Waals surface area contributed by atoms with E-state index in [1.165, 1.54) is 6.42 Å². The minimum atomic E-state index is -0.685. The maximum absolute atomic E-state index is 13.0. The van der Waals surface area contributed by atoms with Gasteiger partial charge < -0.3 is 20.3 Å². The summed E-state index contributed by atoms with van der Waals surface area (Å²) in [5.41, 5.74) is 1.43. The van der Waals surface area contributed by atoms with Gasteiger partial charge in [-0.1, -0.05) is 0 Å². The van der Waals surface area contributed by atoms with Gasteiger partial charge in [-0.2, -0.15) is 0 Å². The lowest BCUT2D eigenvalue weighted by molar-refractivity contribution is -0.122. The first-order valence-electron chi connectivity index (χ1n) is 10.6. The lowest BCUT2D eigenvalue weighted by atomic mass is 9.95. The first kappa shape index (κ1) is 21.9. The lowest BCUT2D eigenvalue weighted by Gasteiger charge is -2.31. The number of piperidine rings is 1. The number of ether oxygens (including phenoxy) is 1. The van der Waals surface area contributed by atoms with Crippen LogP contribution in [-0.4, -0.2) is 50.0 Å². The van der Waals surface area contributed by atoms with E-state index in [9.17, 15) is 9.59 Å². The third-order valence-corrected chi connectivity index (χ3v) is 6.33. The monoisotopic (exact) mass is 421 g/mol. The molecule has 2 heterocycles. The number of benzene rings is 1. The van der Waals surface area contributed by atoms with Crippen molar-refractivity contribution in [1.29, 1.82) is 0 Å². The van der Waals surface area contributed by atoms with Crippen LogP contribution in [-0.2, 0) is 9.53 Å². The molecule has 0 saturated carbocycles. The van der Waals surface area contributed by atoms with E-state index in [1.54, 1.807) is 19.9 Å². The number of amides is 2. The highest BCUT2D eigenvalue weighted by Crippen LogP contribution is 2.28. The van der Waals surface area contributed by atoms with E-state index in [0.717, 1.165) is 51.1 Å². The number of rotatable bonds is 7. The highest BCUT2D eigenvalue weighted by Gasteiger charge is 2.27. The molecule has 1 atom stereocenters. The number of nitrogens with zero attached hydrogens (tertiary/aromatic N) is 1. The third kappa shape index (κ3) is 5.64. The number of carbonyl (C=O) groups excluding carboxylic acids is 2. The summed E-state index contributed by atoms with van der Waals surface area (Å²) >= 11 is 5.92. The molecule has 0 spiro atoms. The quantitative estimate of drug-likeness (QED) is 0.657. The molecule has 29 heavy (non-hydrogen) atoms. The molecule has 3 rings (SSSR count). The first-order valence-corrected chi connectivity index (χ1v) is 11.1. The summed E-state index contributed by atoms with van der Waals surface area (Å²) in [6.45, 7) is 6.75. The van der Waals surface area contributed by atoms with Crippen LogP contribution in [0.25, 0.3) is 0 Å². The zero-order valence-electron chi connectivity index (χ0n) is 17.4. The van der Waals surface area contributed by atoms with Gasteiger partial charge in [-0.05, 0) is 64.2 Å². The van der Waals surface area contributed by atoms with E-state index in [1.807, 2.05) is 12.1 Å². The Bertz CT molecular complexity index is 726. The Balaban J connectivity index is 1.80. The zero-order chi connectivity index (χ0) is 20.9. The zero-order valence-corrected chi connectivity index (χ0v) is 18.2. The molecular formula is C22H32ClN3O3. The highest BCUT2D eigenvalue weighted by atomic mass is 35.5. The molecule has 2 fully saturated rings. The molecule has 2 aliphatic rings. The second-order valence-corrected chi connectivity index (χ2v) is 8.86. The van der Waals surface area contributed by atoms with E-state index in [-0.39, 0.29) is 23.8 Å². The second-order valence-electron chi connectivity index (χ2n) is 8.60. The summed E-state index contributed by atoms with van der Waals surface area (Å²) < 4.78 is 5.62. The van der Waals surface area contributed by atoms with Crippen LogP contribution in [0.1, 0.15) is 56.3 Å². The van der Waals surface area contributed by atoms with Gasteiger partial charge in [-0.3, -0.25) is 9.59 Å². The van der Waals surface area contributed by atoms with Crippen molar-refractivity contribution in [3.05, 3.63) is 23.8 Å². The molecule has 0 aromatic heterocycles. The fraction of sp³-hybridized carbons (Fsp3) is 0.636. The van der Waals surface area contributed by atoms with Gasteiger partial charge in [0.25, 0.3) is 5.91 Å². The number of hydrogen-bond acceptors (Lipinski definition) is 4. The van der Waals surface area contributed by atoms with Crippen molar-refractivity contribution in [1.82, 2.24) is 5.32 Å². The number of hydrogen-bond donors (Lipinski definition) is 2. The SMILES string of the molecule is CC(C)(CCl)C(=O)Nc1ccc(N2CCCCC2)c(C(=O)NC[C@@H]2CCCO2)c1. The molecule has 0 unspecified atom stereocenters. The molecule has 2 saturated heterocycles. The van der Waals surface area contributed by atoms with Crippen LogP contribution in [0.4, 0.5) is 11.4 Å². The topological polar surface area (TPSA) is 70.7 Å². The minimum absolute atomic E-state index is 0.0878. The molecule has 2 aliphatic heterocycles. The Morgan fingerprint density at radius 3 is 2.62 bits per heavy atom. The number of halogens is 1. The number of anilines is 2. The maximum atomic E-state index is 13.0. The van der Waals surface area contributed by atoms with E-state index in [4.69, 9.17) is 16.3 Å². The van der Waals surface area contributed by atoms with E-state index in [2.05, 4.69) is 15.5 Å². The maximum Gasteiger partial charge on any atom is 0.253 e. The summed E-state index contributed by atoms with van der Waals surface area (Å²) in [6.07, 6.45) is 5.57. The Kier molecular flexibility index (Phi) is 7.41. The van der Waals surface area contributed by atoms with Crippen LogP contribution < -0.4 is 15.5 Å². The molecule has 0 aliphatic carbocycles. The predicted octanol–water partition coefficient (Wildman–Crippen LogP) is 3.79. The summed E-state index contributed by atoms with van der Waals surface area (Å²) in [4.78, 5) is 27.8. The molecule has 1 aromatic carbocycles. The molecule has 0 radical (unpaired) electrons. The summed E-state index contributed by atoms with van der Waals surface area (Å²) in [7, 11) is 0. The van der Waals surface area contributed by atoms with Gasteiger partial charge in [0, 0.05) is 43.5 Å². The van der Waals surface area contributed by atoms with Gasteiger partial charge in [0.15, 0.2) is 0 Å². The van der Waals surface area contributed by atoms with Crippen molar-refractivity contribution in [3.63, 3.8) is 0 Å². The van der Waals surface area contributed by atoms with Crippen LogP contribution in [0.15, 0.2) is 18.2 Å². The van der Waals surface area contributed by atoms with Crippen molar-refractivity contribution in [2.45, 2.75) is 52.1 Å². The fourth-order valence-electron chi connectivity index (χ4n) is 3.67. The summed E-state index contributed by atoms with van der Waals surface area (Å²) in [5.74, 6) is -0.0721. The Morgan fingerprint density at radius 2 is 1.97 bits per heavy atom. The minimum Gasteiger partial charge on any atom is -0.376 e. The van der Waals surface area contributed by atoms with Crippen molar-refractivity contribution in [3.8, 4) is 0 Å². The average Bonchev–Trinajstić information content (AvgIpc) is 3.26. The molecular weight excluding hydrogens is 390 g/mol. The van der Waals surface area contributed by atoms with Crippen molar-refractivity contribution in [2.75, 3.05) is 42.3 Å². The predicted molar refractivity (Wildman–Crippen MR) is 117 cm³/mol. The number of nitrogens with one attached hydrogen (secondary N) is 2. The number of carbonyl (C=O) groups is 2. The fourth-order valence-corrected chi connectivity index (χ4v) is 3.80. The Labute approximate surface area is 178 Å². The Hall–Kier alpha value is -1.79. The second kappa shape index (κ2) is 9.81. The van der Waals surface area contributed by atoms with Crippen molar-refractivity contribution >= 4 is 34.8 Å². The van der Waals surface area contributed by atoms with E-state index < -0.39 is 5.41 Å². The van der Waals surface area contributed by atoms with Crippen molar-refractivity contribution < 1.29 is 14.3 Å². The average molecular weight is 422 g/mol. The molecule has 0 bridgehead atoms. The lowest BCUT2D eigenvalue weighted by Crippen LogP contribution is -2.35. The molecule has 7 heteroatoms. The largest absolute Gasteiger partial charge is 0.376 e. The van der Waals surface area contributed by atoms with Gasteiger partial charge in [0.2, 0.25) is 5.91 Å². The van der Waals surface area contributed by atoms with Gasteiger partial charge in [0.05, 0.1) is 17.1 Å². The smallest absolute Gasteiger partial charge is 0.253 e. The molecule has 2 amide bonds. The van der Waals surface area contributed by atoms with Crippen LogP contribution in [0.3, 0.4) is 0 Å². The van der Waals surface area contributed by atoms with Crippen LogP contribution >= 0.6 is 11.6 Å². The van der Waals surface area contributed by atoms with Crippen LogP contribution in [0.2, 0.25) is 0 Å². The van der Waals surface area contributed by atoms with Gasteiger partial charge in [-0.25, -0.2) is 0 Å².